The molecule has 0 radical (unpaired) electrons. The van der Waals surface area contributed by atoms with Crippen molar-refractivity contribution in [3.05, 3.63) is 53.1 Å². The van der Waals surface area contributed by atoms with E-state index in [2.05, 4.69) is 24.6 Å². The fourth-order valence-corrected chi connectivity index (χ4v) is 7.05. The van der Waals surface area contributed by atoms with Crippen molar-refractivity contribution in [2.24, 2.45) is 5.41 Å². The predicted molar refractivity (Wildman–Crippen MR) is 156 cm³/mol. The number of halogens is 2. The van der Waals surface area contributed by atoms with Crippen molar-refractivity contribution in [1.82, 2.24) is 19.6 Å². The van der Waals surface area contributed by atoms with Crippen LogP contribution in [0, 0.1) is 5.41 Å². The number of nitrogens with zero attached hydrogens (tertiary/aromatic N) is 5. The molecule has 0 bridgehead atoms. The van der Waals surface area contributed by atoms with Gasteiger partial charge < -0.3 is 9.64 Å². The third-order valence-electron chi connectivity index (χ3n) is 8.89. The lowest BCUT2D eigenvalue weighted by molar-refractivity contribution is -0.137. The summed E-state index contributed by atoms with van der Waals surface area (Å²) in [6.07, 6.45) is 7.78. The lowest BCUT2D eigenvalue weighted by Gasteiger charge is -2.35. The van der Waals surface area contributed by atoms with E-state index in [9.17, 15) is 26.8 Å². The average Bonchev–Trinajstić information content (AvgIpc) is 3.53. The molecule has 3 aromatic rings. The van der Waals surface area contributed by atoms with Gasteiger partial charge >= 0.3 is 5.97 Å². The number of hydrogen-bond donors (Lipinski definition) is 1. The van der Waals surface area contributed by atoms with Gasteiger partial charge in [0.1, 0.15) is 0 Å². The smallest absolute Gasteiger partial charge is 0.322 e. The Morgan fingerprint density at radius 3 is 2.44 bits per heavy atom. The zero-order valence-corrected chi connectivity index (χ0v) is 24.7. The maximum Gasteiger partial charge on any atom is 0.322 e. The summed E-state index contributed by atoms with van der Waals surface area (Å²) in [6, 6.07) is 7.72. The maximum atomic E-state index is 13.7. The third kappa shape index (κ3) is 6.43. The van der Waals surface area contributed by atoms with E-state index in [4.69, 9.17) is 0 Å². The number of piperidine rings is 1. The number of carbonyl (C=O) groups is 1. The van der Waals surface area contributed by atoms with Gasteiger partial charge in [-0.3, -0.25) is 14.3 Å². The molecule has 1 aromatic carbocycles. The van der Waals surface area contributed by atoms with Gasteiger partial charge in [-0.1, -0.05) is 0 Å². The van der Waals surface area contributed by atoms with Crippen molar-refractivity contribution in [1.29, 1.82) is 0 Å². The summed E-state index contributed by atoms with van der Waals surface area (Å²) in [6.45, 7) is 1.62. The average molecular weight is 617 g/mol. The first-order valence-electron chi connectivity index (χ1n) is 14.4. The maximum absolute atomic E-state index is 13.7. The summed E-state index contributed by atoms with van der Waals surface area (Å²) in [7, 11) is -2.85. The Morgan fingerprint density at radius 2 is 1.77 bits per heavy atom. The first-order valence-corrected chi connectivity index (χ1v) is 16.1. The van der Waals surface area contributed by atoms with E-state index in [1.807, 2.05) is 0 Å². The number of rotatable bonds is 8. The number of nitrogens with one attached hydrogen (secondary N) is 1. The Kier molecular flexibility index (Phi) is 7.51. The van der Waals surface area contributed by atoms with Crippen molar-refractivity contribution < 1.29 is 26.7 Å². The molecule has 3 fully saturated rings. The highest BCUT2D eigenvalue weighted by Crippen LogP contribution is 2.54. The Labute approximate surface area is 247 Å². The minimum absolute atomic E-state index is 0.179. The van der Waals surface area contributed by atoms with Crippen molar-refractivity contribution >= 4 is 27.4 Å². The van der Waals surface area contributed by atoms with Crippen molar-refractivity contribution in [2.75, 3.05) is 35.6 Å². The van der Waals surface area contributed by atoms with E-state index in [-0.39, 0.29) is 31.2 Å². The Bertz CT molecular complexity index is 1680. The van der Waals surface area contributed by atoms with Gasteiger partial charge in [-0.25, -0.2) is 26.6 Å². The number of hydrogen-bond acceptors (Lipinski definition) is 8. The number of methoxy groups -OCH3 is 1. The quantitative estimate of drug-likeness (QED) is 0.374. The van der Waals surface area contributed by atoms with Crippen LogP contribution in [-0.4, -0.2) is 65.8 Å². The lowest BCUT2D eigenvalue weighted by Crippen LogP contribution is -2.35. The second kappa shape index (κ2) is 11.0. The van der Waals surface area contributed by atoms with Gasteiger partial charge in [-0.05, 0) is 68.2 Å². The molecule has 6 rings (SSSR count). The Balaban J connectivity index is 1.29. The van der Waals surface area contributed by atoms with Crippen LogP contribution in [0.1, 0.15) is 57.4 Å². The van der Waals surface area contributed by atoms with Gasteiger partial charge in [0.15, 0.2) is 5.75 Å². The molecule has 2 aromatic heterocycles. The van der Waals surface area contributed by atoms with Gasteiger partial charge in [0, 0.05) is 43.8 Å². The highest BCUT2D eigenvalue weighted by molar-refractivity contribution is 7.93. The molecule has 1 N–H and O–H groups in total. The molecule has 11 nitrogen and oxygen atoms in total. The molecule has 43 heavy (non-hydrogen) atoms. The monoisotopic (exact) mass is 616 g/mol. The highest BCUT2D eigenvalue weighted by atomic mass is 32.2. The van der Waals surface area contributed by atoms with E-state index >= 15 is 0 Å². The van der Waals surface area contributed by atoms with Crippen LogP contribution in [0.2, 0.25) is 0 Å². The molecule has 3 heterocycles. The predicted octanol–water partition coefficient (Wildman–Crippen LogP) is 4.14. The van der Waals surface area contributed by atoms with Crippen LogP contribution < -0.4 is 15.2 Å². The molecule has 0 unspecified atom stereocenters. The standard InChI is InChI=1S/C29H34F2N6O5S/c1-42-27(39)19-43(40,41)34-21-2-4-24(25(16-21)35-14-12-28(10-11-28)13-15-35)36-18-20(17-32-36)23-3-5-26(38)37(33-23)22-6-8-29(30,31)9-7-22/h2-5,16-18,22,34H,6-15,19H2,1H3. The van der Waals surface area contributed by atoms with E-state index in [0.717, 1.165) is 44.4 Å². The molecule has 0 amide bonds. The zero-order valence-electron chi connectivity index (χ0n) is 23.8. The normalized spacial score (nSPS) is 19.7. The summed E-state index contributed by atoms with van der Waals surface area (Å²) in [5.74, 6) is -4.37. The van der Waals surface area contributed by atoms with Gasteiger partial charge in [-0.15, -0.1) is 0 Å². The highest BCUT2D eigenvalue weighted by Gasteiger charge is 2.44. The van der Waals surface area contributed by atoms with E-state index in [1.54, 1.807) is 41.3 Å². The minimum Gasteiger partial charge on any atom is -0.468 e. The number of benzene rings is 1. The van der Waals surface area contributed by atoms with Crippen LogP contribution >= 0.6 is 0 Å². The first-order chi connectivity index (χ1) is 20.4. The van der Waals surface area contributed by atoms with Crippen LogP contribution in [0.15, 0.2) is 47.5 Å². The van der Waals surface area contributed by atoms with E-state index < -0.39 is 33.7 Å². The number of esters is 1. The second-order valence-electron chi connectivity index (χ2n) is 11.9. The molecule has 3 aliphatic rings. The van der Waals surface area contributed by atoms with Gasteiger partial charge in [-0.2, -0.15) is 10.2 Å². The van der Waals surface area contributed by atoms with E-state index in [1.165, 1.54) is 23.6 Å². The zero-order chi connectivity index (χ0) is 30.4. The number of aromatic nitrogens is 4. The molecule has 230 valence electrons. The largest absolute Gasteiger partial charge is 0.468 e. The van der Waals surface area contributed by atoms with Crippen LogP contribution in [0.25, 0.3) is 16.9 Å². The van der Waals surface area contributed by atoms with Crippen molar-refractivity contribution in [3.8, 4) is 16.9 Å². The summed E-state index contributed by atoms with van der Waals surface area (Å²) in [5.41, 5.74) is 3.04. The summed E-state index contributed by atoms with van der Waals surface area (Å²) in [5, 5.41) is 9.08. The third-order valence-corrected chi connectivity index (χ3v) is 10.1. The molecule has 2 aliphatic carbocycles. The van der Waals surface area contributed by atoms with Gasteiger partial charge in [0.05, 0.1) is 42.1 Å². The molecule has 14 heteroatoms. The molecule has 1 saturated heterocycles. The molecular weight excluding hydrogens is 582 g/mol. The summed E-state index contributed by atoms with van der Waals surface area (Å²) in [4.78, 5) is 26.4. The minimum atomic E-state index is -3.98. The SMILES string of the molecule is COC(=O)CS(=O)(=O)Nc1ccc(-n2cc(-c3ccc(=O)n(C4CCC(F)(F)CC4)n3)cn2)c(N2CCC3(CC2)CC3)c1. The van der Waals surface area contributed by atoms with Crippen LogP contribution in [-0.2, 0) is 19.6 Å². The fraction of sp³-hybridized carbons (Fsp3) is 0.517. The molecule has 1 spiro atoms. The Morgan fingerprint density at radius 1 is 1.05 bits per heavy atom. The second-order valence-corrected chi connectivity index (χ2v) is 13.6. The number of sulfonamides is 1. The molecular formula is C29H34F2N6O5S. The van der Waals surface area contributed by atoms with Crippen molar-refractivity contribution in [2.45, 2.75) is 63.3 Å². The molecule has 2 saturated carbocycles. The van der Waals surface area contributed by atoms with Crippen LogP contribution in [0.3, 0.4) is 0 Å². The number of anilines is 2. The van der Waals surface area contributed by atoms with Crippen molar-refractivity contribution in [3.63, 3.8) is 0 Å². The van der Waals surface area contributed by atoms with Crippen LogP contribution in [0.5, 0.6) is 0 Å². The first kappa shape index (κ1) is 29.3. The number of ether oxygens (including phenoxy) is 1. The summed E-state index contributed by atoms with van der Waals surface area (Å²) < 4.78 is 62.5. The molecule has 1 aliphatic heterocycles. The topological polar surface area (TPSA) is 128 Å². The number of alkyl halides is 2. The van der Waals surface area contributed by atoms with Gasteiger partial charge in [0.25, 0.3) is 5.56 Å². The Hall–Kier alpha value is -3.81. The lowest BCUT2D eigenvalue weighted by atomic mass is 9.92. The fourth-order valence-electron chi connectivity index (χ4n) is 6.06. The van der Waals surface area contributed by atoms with Crippen LogP contribution in [0.4, 0.5) is 20.2 Å². The number of carbonyl (C=O) groups excluding carboxylic acids is 1. The summed E-state index contributed by atoms with van der Waals surface area (Å²) >= 11 is 0. The van der Waals surface area contributed by atoms with Gasteiger partial charge in [0.2, 0.25) is 15.9 Å². The van der Waals surface area contributed by atoms with E-state index in [0.29, 0.717) is 22.4 Å². The molecule has 0 atom stereocenters.